The van der Waals surface area contributed by atoms with Crippen molar-refractivity contribution in [3.63, 3.8) is 0 Å². The van der Waals surface area contributed by atoms with Gasteiger partial charge >= 0.3 is 0 Å². The van der Waals surface area contributed by atoms with Gasteiger partial charge in [-0.3, -0.25) is 9.80 Å². The Balaban J connectivity index is 1.59. The van der Waals surface area contributed by atoms with Gasteiger partial charge in [-0.05, 0) is 50.7 Å². The fraction of sp³-hybridized carbons (Fsp3) is 0.500. The molecule has 1 aromatic carbocycles. The minimum atomic E-state index is 0.222. The van der Waals surface area contributed by atoms with E-state index in [0.717, 1.165) is 54.9 Å². The lowest BCUT2D eigenvalue weighted by Crippen LogP contribution is -2.38. The third-order valence-corrected chi connectivity index (χ3v) is 5.07. The lowest BCUT2D eigenvalue weighted by atomic mass is 10.2. The highest BCUT2D eigenvalue weighted by molar-refractivity contribution is 9.10. The van der Waals surface area contributed by atoms with E-state index in [0.29, 0.717) is 5.89 Å². The SMILES string of the molecule is CC(CO)N1CCCN(Cc2coc(-c3ccc(Br)cc3)n2)CC1. The molecular weight excluding hydrogens is 370 g/mol. The van der Waals surface area contributed by atoms with Gasteiger partial charge in [0.2, 0.25) is 5.89 Å². The second-order valence-electron chi connectivity index (χ2n) is 6.35. The molecule has 3 rings (SSSR count). The van der Waals surface area contributed by atoms with Crippen molar-refractivity contribution < 1.29 is 9.52 Å². The standard InChI is InChI=1S/C18H24BrN3O2/c1-14(12-23)22-8-2-7-21(9-10-22)11-17-13-24-18(20-17)15-3-5-16(19)6-4-15/h3-6,13-14,23H,2,7-12H2,1H3. The molecule has 1 aliphatic rings. The van der Waals surface area contributed by atoms with Crippen molar-refractivity contribution in [2.24, 2.45) is 0 Å². The molecule has 6 heteroatoms. The van der Waals surface area contributed by atoms with Gasteiger partial charge in [-0.1, -0.05) is 15.9 Å². The van der Waals surface area contributed by atoms with Crippen molar-refractivity contribution in [1.82, 2.24) is 14.8 Å². The summed E-state index contributed by atoms with van der Waals surface area (Å²) in [5.41, 5.74) is 1.96. The number of rotatable bonds is 5. The van der Waals surface area contributed by atoms with Crippen LogP contribution in [0.2, 0.25) is 0 Å². The molecule has 2 heterocycles. The van der Waals surface area contributed by atoms with Crippen molar-refractivity contribution in [3.8, 4) is 11.5 Å². The maximum absolute atomic E-state index is 9.33. The van der Waals surface area contributed by atoms with Crippen molar-refractivity contribution in [2.45, 2.75) is 25.9 Å². The average molecular weight is 394 g/mol. The highest BCUT2D eigenvalue weighted by Gasteiger charge is 2.19. The van der Waals surface area contributed by atoms with Gasteiger partial charge in [-0.25, -0.2) is 4.98 Å². The number of oxazole rings is 1. The Kier molecular flexibility index (Phi) is 6.05. The molecular formula is C18H24BrN3O2. The van der Waals surface area contributed by atoms with Gasteiger partial charge in [-0.15, -0.1) is 0 Å². The zero-order valence-corrected chi connectivity index (χ0v) is 15.6. The predicted octanol–water partition coefficient (Wildman–Crippen LogP) is 2.99. The summed E-state index contributed by atoms with van der Waals surface area (Å²) in [5.74, 6) is 0.669. The summed E-state index contributed by atoms with van der Waals surface area (Å²) in [6.45, 7) is 7.18. The quantitative estimate of drug-likeness (QED) is 0.845. The van der Waals surface area contributed by atoms with Crippen LogP contribution in [0.25, 0.3) is 11.5 Å². The Morgan fingerprint density at radius 3 is 2.75 bits per heavy atom. The molecule has 1 atom stereocenters. The number of aliphatic hydroxyl groups is 1. The van der Waals surface area contributed by atoms with Gasteiger partial charge in [0.05, 0.1) is 12.3 Å². The molecule has 0 aliphatic carbocycles. The molecule has 1 fully saturated rings. The van der Waals surface area contributed by atoms with Crippen LogP contribution in [0.15, 0.2) is 39.4 Å². The zero-order chi connectivity index (χ0) is 16.9. The van der Waals surface area contributed by atoms with E-state index < -0.39 is 0 Å². The van der Waals surface area contributed by atoms with E-state index >= 15 is 0 Å². The Hall–Kier alpha value is -1.21. The first-order chi connectivity index (χ1) is 11.7. The van der Waals surface area contributed by atoms with Crippen molar-refractivity contribution >= 4 is 15.9 Å². The zero-order valence-electron chi connectivity index (χ0n) is 14.0. The van der Waals surface area contributed by atoms with E-state index in [1.807, 2.05) is 24.3 Å². The summed E-state index contributed by atoms with van der Waals surface area (Å²) >= 11 is 3.44. The van der Waals surface area contributed by atoms with E-state index in [4.69, 9.17) is 4.42 Å². The van der Waals surface area contributed by atoms with Gasteiger partial charge in [-0.2, -0.15) is 0 Å². The van der Waals surface area contributed by atoms with E-state index in [1.165, 1.54) is 0 Å². The van der Waals surface area contributed by atoms with E-state index in [9.17, 15) is 5.11 Å². The van der Waals surface area contributed by atoms with Crippen LogP contribution in [0.4, 0.5) is 0 Å². The molecule has 1 unspecified atom stereocenters. The summed E-state index contributed by atoms with van der Waals surface area (Å²) in [4.78, 5) is 9.40. The molecule has 0 radical (unpaired) electrons. The Bertz CT molecular complexity index is 644. The van der Waals surface area contributed by atoms with Crippen molar-refractivity contribution in [1.29, 1.82) is 0 Å². The van der Waals surface area contributed by atoms with Crippen LogP contribution in [-0.2, 0) is 6.54 Å². The first kappa shape index (κ1) is 17.6. The number of aromatic nitrogens is 1. The normalized spacial score (nSPS) is 18.5. The van der Waals surface area contributed by atoms with Crippen LogP contribution in [0.5, 0.6) is 0 Å². The molecule has 1 aromatic heterocycles. The fourth-order valence-corrected chi connectivity index (χ4v) is 3.30. The molecule has 0 amide bonds. The lowest BCUT2D eigenvalue weighted by molar-refractivity contribution is 0.136. The van der Waals surface area contributed by atoms with Crippen LogP contribution in [0.1, 0.15) is 19.0 Å². The van der Waals surface area contributed by atoms with Gasteiger partial charge in [0.1, 0.15) is 6.26 Å². The van der Waals surface area contributed by atoms with Crippen LogP contribution in [0.3, 0.4) is 0 Å². The largest absolute Gasteiger partial charge is 0.444 e. The van der Waals surface area contributed by atoms with Crippen molar-refractivity contribution in [2.75, 3.05) is 32.8 Å². The predicted molar refractivity (Wildman–Crippen MR) is 97.7 cm³/mol. The average Bonchev–Trinajstić information content (AvgIpc) is 2.93. The maximum atomic E-state index is 9.33. The third-order valence-electron chi connectivity index (χ3n) is 4.54. The van der Waals surface area contributed by atoms with Gasteiger partial charge in [0.25, 0.3) is 0 Å². The Labute approximate surface area is 151 Å². The molecule has 2 aromatic rings. The maximum Gasteiger partial charge on any atom is 0.226 e. The fourth-order valence-electron chi connectivity index (χ4n) is 3.04. The van der Waals surface area contributed by atoms with E-state index in [-0.39, 0.29) is 12.6 Å². The molecule has 1 saturated heterocycles. The van der Waals surface area contributed by atoms with Crippen molar-refractivity contribution in [3.05, 3.63) is 40.7 Å². The molecule has 0 spiro atoms. The molecule has 24 heavy (non-hydrogen) atoms. The minimum Gasteiger partial charge on any atom is -0.444 e. The summed E-state index contributed by atoms with van der Waals surface area (Å²) in [6, 6.07) is 8.22. The molecule has 1 aliphatic heterocycles. The summed E-state index contributed by atoms with van der Waals surface area (Å²) in [6.07, 6.45) is 2.87. The molecule has 130 valence electrons. The van der Waals surface area contributed by atoms with Gasteiger partial charge in [0, 0.05) is 35.7 Å². The smallest absolute Gasteiger partial charge is 0.226 e. The summed E-state index contributed by atoms with van der Waals surface area (Å²) in [7, 11) is 0. The highest BCUT2D eigenvalue weighted by Crippen LogP contribution is 2.22. The monoisotopic (exact) mass is 393 g/mol. The lowest BCUT2D eigenvalue weighted by Gasteiger charge is -2.26. The Morgan fingerprint density at radius 2 is 2.00 bits per heavy atom. The number of hydrogen-bond donors (Lipinski definition) is 1. The molecule has 0 bridgehead atoms. The Morgan fingerprint density at radius 1 is 1.21 bits per heavy atom. The van der Waals surface area contributed by atoms with E-state index in [1.54, 1.807) is 6.26 Å². The summed E-state index contributed by atoms with van der Waals surface area (Å²) < 4.78 is 6.69. The first-order valence-corrected chi connectivity index (χ1v) is 9.22. The van der Waals surface area contributed by atoms with Gasteiger partial charge in [0.15, 0.2) is 0 Å². The van der Waals surface area contributed by atoms with Crippen LogP contribution >= 0.6 is 15.9 Å². The van der Waals surface area contributed by atoms with Crippen LogP contribution in [0, 0.1) is 0 Å². The number of hydrogen-bond acceptors (Lipinski definition) is 5. The van der Waals surface area contributed by atoms with Gasteiger partial charge < -0.3 is 9.52 Å². The second-order valence-corrected chi connectivity index (χ2v) is 7.26. The van der Waals surface area contributed by atoms with Crippen LogP contribution < -0.4 is 0 Å². The molecule has 1 N–H and O–H groups in total. The number of benzene rings is 1. The molecule has 0 saturated carbocycles. The topological polar surface area (TPSA) is 52.7 Å². The summed E-state index contributed by atoms with van der Waals surface area (Å²) in [5, 5.41) is 9.33. The second kappa shape index (κ2) is 8.25. The number of aliphatic hydroxyl groups excluding tert-OH is 1. The third kappa shape index (κ3) is 4.45. The first-order valence-electron chi connectivity index (χ1n) is 8.43. The highest BCUT2D eigenvalue weighted by atomic mass is 79.9. The number of halogens is 1. The van der Waals surface area contributed by atoms with E-state index in [2.05, 4.69) is 37.6 Å². The number of nitrogens with zero attached hydrogens (tertiary/aromatic N) is 3. The minimum absolute atomic E-state index is 0.222. The molecule has 5 nitrogen and oxygen atoms in total. The van der Waals surface area contributed by atoms with Crippen LogP contribution in [-0.4, -0.2) is 58.7 Å².